The van der Waals surface area contributed by atoms with E-state index in [0.717, 1.165) is 22.7 Å². The Labute approximate surface area is 164 Å². The van der Waals surface area contributed by atoms with Gasteiger partial charge in [0.05, 0.1) is 26.3 Å². The van der Waals surface area contributed by atoms with Gasteiger partial charge in [-0.15, -0.1) is 11.3 Å². The molecule has 0 radical (unpaired) electrons. The van der Waals surface area contributed by atoms with Crippen LogP contribution in [0.15, 0.2) is 41.8 Å². The normalized spacial score (nSPS) is 10.7. The second kappa shape index (κ2) is 7.75. The summed E-state index contributed by atoms with van der Waals surface area (Å²) in [5, 5.41) is 7.11. The van der Waals surface area contributed by atoms with Gasteiger partial charge in [0.1, 0.15) is 0 Å². The highest BCUT2D eigenvalue weighted by Crippen LogP contribution is 2.31. The fourth-order valence-electron chi connectivity index (χ4n) is 2.27. The van der Waals surface area contributed by atoms with E-state index >= 15 is 0 Å². The van der Waals surface area contributed by atoms with E-state index in [-0.39, 0.29) is 5.91 Å². The highest BCUT2D eigenvalue weighted by molar-refractivity contribution is 7.09. The molecule has 1 heterocycles. The molecule has 2 aromatic carbocycles. The predicted molar refractivity (Wildman–Crippen MR) is 106 cm³/mol. The number of anilines is 1. The van der Waals surface area contributed by atoms with E-state index in [1.54, 1.807) is 35.6 Å². The van der Waals surface area contributed by atoms with Gasteiger partial charge in [-0.25, -0.2) is 4.98 Å². The average Bonchev–Trinajstić information content (AvgIpc) is 3.03. The van der Waals surface area contributed by atoms with E-state index in [9.17, 15) is 4.79 Å². The van der Waals surface area contributed by atoms with Crippen molar-refractivity contribution in [2.24, 2.45) is 0 Å². The van der Waals surface area contributed by atoms with Crippen LogP contribution < -0.4 is 5.32 Å². The van der Waals surface area contributed by atoms with Crippen molar-refractivity contribution < 1.29 is 4.79 Å². The van der Waals surface area contributed by atoms with Crippen LogP contribution in [-0.2, 0) is 6.42 Å². The van der Waals surface area contributed by atoms with E-state index in [0.29, 0.717) is 26.3 Å². The molecule has 25 heavy (non-hydrogen) atoms. The zero-order valence-corrected chi connectivity index (χ0v) is 16.2. The molecule has 0 atom stereocenters. The summed E-state index contributed by atoms with van der Waals surface area (Å²) in [5.74, 6) is -0.326. The largest absolute Gasteiger partial charge is 0.322 e. The third-order valence-corrected chi connectivity index (χ3v) is 5.39. The Hall–Kier alpha value is -1.59. The SMILES string of the molecule is CCc1nc(-c2ccc(NC(=O)c3ccc(Cl)cc3Cl)cc2Cl)cs1. The van der Waals surface area contributed by atoms with Crippen molar-refractivity contribution in [1.29, 1.82) is 0 Å². The van der Waals surface area contributed by atoms with Crippen LogP contribution in [0.5, 0.6) is 0 Å². The summed E-state index contributed by atoms with van der Waals surface area (Å²) < 4.78 is 0. The number of carbonyl (C=O) groups excluding carboxylic acids is 1. The average molecular weight is 412 g/mol. The second-order valence-electron chi connectivity index (χ2n) is 5.25. The number of aromatic nitrogens is 1. The Morgan fingerprint density at radius 3 is 2.56 bits per heavy atom. The fourth-order valence-corrected chi connectivity index (χ4v) is 3.79. The number of hydrogen-bond acceptors (Lipinski definition) is 3. The predicted octanol–water partition coefficient (Wildman–Crippen LogP) is 6.59. The molecule has 1 N–H and O–H groups in total. The molecular formula is C18H13Cl3N2OS. The molecule has 0 bridgehead atoms. The van der Waals surface area contributed by atoms with Crippen molar-refractivity contribution >= 4 is 57.7 Å². The number of nitrogens with zero attached hydrogens (tertiary/aromatic N) is 1. The number of rotatable bonds is 4. The Bertz CT molecular complexity index is 940. The van der Waals surface area contributed by atoms with Crippen LogP contribution in [0, 0.1) is 0 Å². The molecule has 7 heteroatoms. The summed E-state index contributed by atoms with van der Waals surface area (Å²) in [5.41, 5.74) is 2.60. The number of thiazole rings is 1. The summed E-state index contributed by atoms with van der Waals surface area (Å²) in [4.78, 5) is 16.9. The van der Waals surface area contributed by atoms with Crippen LogP contribution >= 0.6 is 46.1 Å². The third kappa shape index (κ3) is 4.15. The lowest BCUT2D eigenvalue weighted by atomic mass is 10.1. The summed E-state index contributed by atoms with van der Waals surface area (Å²) >= 11 is 19.9. The molecule has 3 nitrogen and oxygen atoms in total. The van der Waals surface area contributed by atoms with Crippen molar-refractivity contribution in [2.45, 2.75) is 13.3 Å². The summed E-state index contributed by atoms with van der Waals surface area (Å²) in [6, 6.07) is 10.1. The number of aryl methyl sites for hydroxylation is 1. The summed E-state index contributed by atoms with van der Waals surface area (Å²) in [6.07, 6.45) is 0.887. The minimum atomic E-state index is -0.326. The molecule has 0 unspecified atom stereocenters. The minimum absolute atomic E-state index is 0.294. The van der Waals surface area contributed by atoms with Gasteiger partial charge in [-0.2, -0.15) is 0 Å². The van der Waals surface area contributed by atoms with E-state index in [1.807, 2.05) is 11.4 Å². The van der Waals surface area contributed by atoms with Gasteiger partial charge in [0.15, 0.2) is 0 Å². The molecule has 3 aromatic rings. The zero-order chi connectivity index (χ0) is 18.0. The van der Waals surface area contributed by atoms with Crippen molar-refractivity contribution in [3.05, 3.63) is 67.4 Å². The van der Waals surface area contributed by atoms with Crippen molar-refractivity contribution in [3.63, 3.8) is 0 Å². The zero-order valence-electron chi connectivity index (χ0n) is 13.1. The molecule has 0 fully saturated rings. The first-order valence-corrected chi connectivity index (χ1v) is 9.50. The van der Waals surface area contributed by atoms with Gasteiger partial charge in [0.25, 0.3) is 5.91 Å². The van der Waals surface area contributed by atoms with Crippen LogP contribution in [-0.4, -0.2) is 10.9 Å². The van der Waals surface area contributed by atoms with Gasteiger partial charge in [0, 0.05) is 21.7 Å². The molecule has 1 aromatic heterocycles. The summed E-state index contributed by atoms with van der Waals surface area (Å²) in [7, 11) is 0. The number of carbonyl (C=O) groups is 1. The van der Waals surface area contributed by atoms with Crippen LogP contribution in [0.3, 0.4) is 0 Å². The molecule has 0 spiro atoms. The maximum absolute atomic E-state index is 12.4. The lowest BCUT2D eigenvalue weighted by molar-refractivity contribution is 0.102. The van der Waals surface area contributed by atoms with Gasteiger partial charge in [-0.05, 0) is 42.8 Å². The third-order valence-electron chi connectivity index (χ3n) is 3.53. The Kier molecular flexibility index (Phi) is 5.64. The number of nitrogens with one attached hydrogen (secondary N) is 1. The highest BCUT2D eigenvalue weighted by Gasteiger charge is 2.13. The Morgan fingerprint density at radius 1 is 1.12 bits per heavy atom. The van der Waals surface area contributed by atoms with Crippen molar-refractivity contribution in [2.75, 3.05) is 5.32 Å². The molecule has 3 rings (SSSR count). The molecule has 128 valence electrons. The highest BCUT2D eigenvalue weighted by atomic mass is 35.5. The smallest absolute Gasteiger partial charge is 0.257 e. The first-order valence-electron chi connectivity index (χ1n) is 7.48. The van der Waals surface area contributed by atoms with Crippen LogP contribution in [0.4, 0.5) is 5.69 Å². The van der Waals surface area contributed by atoms with Gasteiger partial charge < -0.3 is 5.32 Å². The number of amides is 1. The van der Waals surface area contributed by atoms with Crippen molar-refractivity contribution in [1.82, 2.24) is 4.98 Å². The number of hydrogen-bond donors (Lipinski definition) is 1. The van der Waals surface area contributed by atoms with E-state index in [4.69, 9.17) is 34.8 Å². The Morgan fingerprint density at radius 2 is 1.92 bits per heavy atom. The van der Waals surface area contributed by atoms with Gasteiger partial charge in [-0.1, -0.05) is 41.7 Å². The minimum Gasteiger partial charge on any atom is -0.322 e. The molecule has 0 aliphatic carbocycles. The lowest BCUT2D eigenvalue weighted by Gasteiger charge is -2.09. The molecule has 0 saturated carbocycles. The quantitative estimate of drug-likeness (QED) is 0.526. The van der Waals surface area contributed by atoms with Crippen LogP contribution in [0.2, 0.25) is 15.1 Å². The fraction of sp³-hybridized carbons (Fsp3) is 0.111. The van der Waals surface area contributed by atoms with E-state index in [2.05, 4.69) is 17.2 Å². The maximum Gasteiger partial charge on any atom is 0.257 e. The number of benzene rings is 2. The van der Waals surface area contributed by atoms with Crippen molar-refractivity contribution in [3.8, 4) is 11.3 Å². The first kappa shape index (κ1) is 18.2. The molecule has 0 aliphatic heterocycles. The monoisotopic (exact) mass is 410 g/mol. The molecular weight excluding hydrogens is 399 g/mol. The Balaban J connectivity index is 1.82. The molecule has 1 amide bonds. The molecule has 0 aliphatic rings. The van der Waals surface area contributed by atoms with Crippen LogP contribution in [0.1, 0.15) is 22.3 Å². The lowest BCUT2D eigenvalue weighted by Crippen LogP contribution is -2.12. The summed E-state index contributed by atoms with van der Waals surface area (Å²) in [6.45, 7) is 2.06. The maximum atomic E-state index is 12.4. The first-order chi connectivity index (χ1) is 12.0. The van der Waals surface area contributed by atoms with E-state index < -0.39 is 0 Å². The van der Waals surface area contributed by atoms with Gasteiger partial charge in [-0.3, -0.25) is 4.79 Å². The second-order valence-corrected chi connectivity index (χ2v) is 7.45. The number of halogens is 3. The molecule has 0 saturated heterocycles. The van der Waals surface area contributed by atoms with Gasteiger partial charge >= 0.3 is 0 Å². The standard InChI is InChI=1S/C18H13Cl3N2OS/c1-2-17-23-16(9-25-17)12-6-4-11(8-15(12)21)22-18(24)13-5-3-10(19)7-14(13)20/h3-9H,2H2,1H3,(H,22,24). The van der Waals surface area contributed by atoms with E-state index in [1.165, 1.54) is 6.07 Å². The van der Waals surface area contributed by atoms with Crippen LogP contribution in [0.25, 0.3) is 11.3 Å². The topological polar surface area (TPSA) is 42.0 Å². The van der Waals surface area contributed by atoms with Gasteiger partial charge in [0.2, 0.25) is 0 Å².